The minimum atomic E-state index is -0.781. The largest absolute Gasteiger partial charge is 0.462 e. The summed E-state index contributed by atoms with van der Waals surface area (Å²) in [5.41, 5.74) is 0. The third-order valence-electron chi connectivity index (χ3n) is 15.7. The Morgan fingerprint density at radius 2 is 0.481 bits per heavy atom. The Bertz CT molecular complexity index is 1490. The predicted octanol–water partition coefficient (Wildman–Crippen LogP) is 24.4. The smallest absolute Gasteiger partial charge is 0.306 e. The average Bonchev–Trinajstić information content (AvgIpc) is 3.47. The molecular formula is C75H134O6. The van der Waals surface area contributed by atoms with Crippen molar-refractivity contribution in [2.45, 2.75) is 374 Å². The van der Waals surface area contributed by atoms with Gasteiger partial charge in [-0.25, -0.2) is 0 Å². The summed E-state index contributed by atoms with van der Waals surface area (Å²) in [5, 5.41) is 0. The maximum atomic E-state index is 12.9. The lowest BCUT2D eigenvalue weighted by Gasteiger charge is -2.18. The lowest BCUT2D eigenvalue weighted by Crippen LogP contribution is -2.30. The first-order valence-electron chi connectivity index (χ1n) is 35.4. The van der Waals surface area contributed by atoms with Crippen LogP contribution in [0.3, 0.4) is 0 Å². The highest BCUT2D eigenvalue weighted by molar-refractivity contribution is 5.71. The molecule has 0 rings (SSSR count). The molecule has 0 amide bonds. The van der Waals surface area contributed by atoms with Crippen molar-refractivity contribution in [3.05, 3.63) is 72.9 Å². The summed E-state index contributed by atoms with van der Waals surface area (Å²) < 4.78 is 16.9. The van der Waals surface area contributed by atoms with E-state index in [4.69, 9.17) is 14.2 Å². The Kier molecular flexibility index (Phi) is 66.6. The Morgan fingerprint density at radius 3 is 0.753 bits per heavy atom. The molecule has 0 spiro atoms. The van der Waals surface area contributed by atoms with Crippen LogP contribution < -0.4 is 0 Å². The maximum absolute atomic E-state index is 12.9. The number of esters is 3. The van der Waals surface area contributed by atoms with Gasteiger partial charge in [-0.05, 0) is 70.6 Å². The third-order valence-corrected chi connectivity index (χ3v) is 15.7. The van der Waals surface area contributed by atoms with Crippen LogP contribution in [0.15, 0.2) is 72.9 Å². The number of rotatable bonds is 65. The molecule has 6 nitrogen and oxygen atoms in total. The number of ether oxygens (including phenoxy) is 3. The molecule has 470 valence electrons. The Morgan fingerprint density at radius 1 is 0.259 bits per heavy atom. The van der Waals surface area contributed by atoms with E-state index in [9.17, 15) is 14.4 Å². The zero-order chi connectivity index (χ0) is 58.5. The molecule has 0 aliphatic heterocycles. The number of hydrogen-bond acceptors (Lipinski definition) is 6. The summed E-state index contributed by atoms with van der Waals surface area (Å²) in [6.07, 6.45) is 91.0. The van der Waals surface area contributed by atoms with Crippen LogP contribution in [0.1, 0.15) is 367 Å². The van der Waals surface area contributed by atoms with Crippen LogP contribution in [0.25, 0.3) is 0 Å². The summed E-state index contributed by atoms with van der Waals surface area (Å²) in [6, 6.07) is 0. The molecule has 0 bridgehead atoms. The first kappa shape index (κ1) is 77.9. The summed E-state index contributed by atoms with van der Waals surface area (Å²) >= 11 is 0. The Balaban J connectivity index is 4.10. The number of carbonyl (C=O) groups excluding carboxylic acids is 3. The van der Waals surface area contributed by atoms with E-state index in [-0.39, 0.29) is 31.1 Å². The quantitative estimate of drug-likeness (QED) is 0.0261. The van der Waals surface area contributed by atoms with Crippen LogP contribution in [0.5, 0.6) is 0 Å². The molecule has 1 unspecified atom stereocenters. The summed E-state index contributed by atoms with van der Waals surface area (Å²) in [5.74, 6) is -0.878. The second-order valence-corrected chi connectivity index (χ2v) is 23.8. The molecule has 0 N–H and O–H groups in total. The number of carbonyl (C=O) groups is 3. The fourth-order valence-corrected chi connectivity index (χ4v) is 10.5. The standard InChI is InChI=1S/C75H134O6/c1-4-7-10-13-16-19-21-23-25-27-29-31-33-35-36-37-38-39-41-42-44-46-48-50-52-54-56-59-62-65-68-74(77)80-71-72(70-79-73(76)67-64-61-58-18-15-12-9-6-3)81-75(78)69-66-63-60-57-55-53-51-49-47-45-43-40-34-32-30-28-26-24-22-20-17-14-11-8-5-2/h8,11,17,20,24,26,30,32,40,43,47,49,72H,4-7,9-10,12-16,18-19,21-23,25,27-29,31,33-39,41-42,44-46,48,50-71H2,1-3H3/b11-8-,20-17-,26-24-,32-30-,43-40-,49-47-. The molecule has 0 radical (unpaired) electrons. The van der Waals surface area contributed by atoms with Gasteiger partial charge in [-0.2, -0.15) is 0 Å². The van der Waals surface area contributed by atoms with Crippen molar-refractivity contribution in [2.75, 3.05) is 13.2 Å². The molecule has 0 fully saturated rings. The van der Waals surface area contributed by atoms with Crippen LogP contribution in [0, 0.1) is 0 Å². The molecule has 0 saturated carbocycles. The van der Waals surface area contributed by atoms with Gasteiger partial charge in [0, 0.05) is 19.3 Å². The highest BCUT2D eigenvalue weighted by atomic mass is 16.6. The Labute approximate surface area is 503 Å². The maximum Gasteiger partial charge on any atom is 0.306 e. The monoisotopic (exact) mass is 1130 g/mol. The highest BCUT2D eigenvalue weighted by Crippen LogP contribution is 2.18. The molecule has 0 aliphatic rings. The summed E-state index contributed by atoms with van der Waals surface area (Å²) in [4.78, 5) is 38.2. The van der Waals surface area contributed by atoms with E-state index in [1.54, 1.807) is 0 Å². The van der Waals surface area contributed by atoms with Gasteiger partial charge in [-0.1, -0.05) is 351 Å². The van der Waals surface area contributed by atoms with Crippen molar-refractivity contribution in [3.8, 4) is 0 Å². The zero-order valence-electron chi connectivity index (χ0n) is 54.1. The van der Waals surface area contributed by atoms with E-state index in [1.165, 1.54) is 218 Å². The van der Waals surface area contributed by atoms with Gasteiger partial charge >= 0.3 is 17.9 Å². The summed E-state index contributed by atoms with van der Waals surface area (Å²) in [7, 11) is 0. The van der Waals surface area contributed by atoms with Gasteiger partial charge in [0.25, 0.3) is 0 Å². The van der Waals surface area contributed by atoms with Gasteiger partial charge in [-0.15, -0.1) is 0 Å². The topological polar surface area (TPSA) is 78.9 Å². The second kappa shape index (κ2) is 69.3. The van der Waals surface area contributed by atoms with Crippen LogP contribution >= 0.6 is 0 Å². The molecular weight excluding hydrogens is 997 g/mol. The van der Waals surface area contributed by atoms with E-state index in [1.807, 2.05) is 0 Å². The third kappa shape index (κ3) is 67.5. The number of unbranched alkanes of at least 4 members (excludes halogenated alkanes) is 42. The first-order valence-corrected chi connectivity index (χ1v) is 35.4. The molecule has 0 aromatic heterocycles. The second-order valence-electron chi connectivity index (χ2n) is 23.8. The highest BCUT2D eigenvalue weighted by Gasteiger charge is 2.19. The van der Waals surface area contributed by atoms with E-state index >= 15 is 0 Å². The molecule has 6 heteroatoms. The van der Waals surface area contributed by atoms with Gasteiger partial charge in [0.15, 0.2) is 6.10 Å². The summed E-state index contributed by atoms with van der Waals surface area (Å²) in [6.45, 7) is 6.54. The average molecular weight is 1130 g/mol. The van der Waals surface area contributed by atoms with Crippen molar-refractivity contribution in [2.24, 2.45) is 0 Å². The van der Waals surface area contributed by atoms with Gasteiger partial charge in [0.2, 0.25) is 0 Å². The number of hydrogen-bond donors (Lipinski definition) is 0. The van der Waals surface area contributed by atoms with Crippen molar-refractivity contribution < 1.29 is 28.6 Å². The minimum absolute atomic E-state index is 0.0774. The van der Waals surface area contributed by atoms with Gasteiger partial charge < -0.3 is 14.2 Å². The molecule has 0 aliphatic carbocycles. The molecule has 0 aromatic carbocycles. The van der Waals surface area contributed by atoms with Crippen molar-refractivity contribution >= 4 is 17.9 Å². The molecule has 1 atom stereocenters. The van der Waals surface area contributed by atoms with E-state index in [0.717, 1.165) is 109 Å². The van der Waals surface area contributed by atoms with E-state index in [2.05, 4.69) is 93.7 Å². The van der Waals surface area contributed by atoms with Gasteiger partial charge in [-0.3, -0.25) is 14.4 Å². The lowest BCUT2D eigenvalue weighted by atomic mass is 10.0. The lowest BCUT2D eigenvalue weighted by molar-refractivity contribution is -0.167. The van der Waals surface area contributed by atoms with Crippen LogP contribution in [-0.4, -0.2) is 37.2 Å². The predicted molar refractivity (Wildman–Crippen MR) is 353 cm³/mol. The SMILES string of the molecule is CC/C=C\C/C=C\C/C=C\C/C=C\C/C=C\C/C=C\CCCCCCCCC(=O)OC(COC(=O)CCCCCCCCCC)COC(=O)CCCCCCCCCCCCCCCCCCCCCCCCCCCCCCCC. The first-order chi connectivity index (χ1) is 40.0. The fraction of sp³-hybridized carbons (Fsp3) is 0.800. The van der Waals surface area contributed by atoms with E-state index in [0.29, 0.717) is 19.3 Å². The van der Waals surface area contributed by atoms with Crippen molar-refractivity contribution in [3.63, 3.8) is 0 Å². The molecule has 0 saturated heterocycles. The Hall–Kier alpha value is -3.15. The van der Waals surface area contributed by atoms with Crippen LogP contribution in [-0.2, 0) is 28.6 Å². The van der Waals surface area contributed by atoms with Crippen molar-refractivity contribution in [1.29, 1.82) is 0 Å². The zero-order valence-corrected chi connectivity index (χ0v) is 54.1. The van der Waals surface area contributed by atoms with Gasteiger partial charge in [0.1, 0.15) is 13.2 Å². The van der Waals surface area contributed by atoms with Crippen LogP contribution in [0.4, 0.5) is 0 Å². The number of allylic oxidation sites excluding steroid dienone is 12. The fourth-order valence-electron chi connectivity index (χ4n) is 10.5. The molecule has 81 heavy (non-hydrogen) atoms. The normalized spacial score (nSPS) is 12.5. The van der Waals surface area contributed by atoms with Crippen LogP contribution in [0.2, 0.25) is 0 Å². The molecule has 0 heterocycles. The minimum Gasteiger partial charge on any atom is -0.462 e. The van der Waals surface area contributed by atoms with Crippen molar-refractivity contribution in [1.82, 2.24) is 0 Å². The van der Waals surface area contributed by atoms with Gasteiger partial charge in [0.05, 0.1) is 0 Å². The van der Waals surface area contributed by atoms with E-state index < -0.39 is 6.10 Å². The molecule has 0 aromatic rings.